The van der Waals surface area contributed by atoms with Crippen LogP contribution in [0.15, 0.2) is 0 Å². The quantitative estimate of drug-likeness (QED) is 0.233. The van der Waals surface area contributed by atoms with Crippen LogP contribution < -0.4 is 74.1 Å². The van der Waals surface area contributed by atoms with Crippen molar-refractivity contribution in [2.75, 3.05) is 0 Å². The molecule has 10 heavy (non-hydrogen) atoms. The molecular formula is H18Cl3N6Os-3. The Morgan fingerprint density at radius 3 is 0.300 bits per heavy atom. The molecular weight excluding hydrogens is 381 g/mol. The molecule has 0 aromatic heterocycles. The van der Waals surface area contributed by atoms with Gasteiger partial charge in [-0.05, 0) is 0 Å². The topological polar surface area (TPSA) is 210 Å². The zero-order valence-corrected chi connectivity index (χ0v) is 10.5. The van der Waals surface area contributed by atoms with E-state index in [1.807, 2.05) is 0 Å². The van der Waals surface area contributed by atoms with Gasteiger partial charge in [0, 0.05) is 19.8 Å². The Balaban J connectivity index is 0. The summed E-state index contributed by atoms with van der Waals surface area (Å²) in [5.74, 6) is 0. The molecule has 0 saturated carbocycles. The number of hydrogen-bond acceptors (Lipinski definition) is 6. The standard InChI is InChI=1S/3ClH.6H3N.Os/h3*1H;6*1H3;/p-3. The molecule has 6 nitrogen and oxygen atoms in total. The van der Waals surface area contributed by atoms with Crippen molar-refractivity contribution in [3.8, 4) is 0 Å². The van der Waals surface area contributed by atoms with Gasteiger partial charge in [0.05, 0.1) is 0 Å². The van der Waals surface area contributed by atoms with E-state index in [9.17, 15) is 0 Å². The van der Waals surface area contributed by atoms with Crippen LogP contribution in [0, 0.1) is 0 Å². The van der Waals surface area contributed by atoms with Crippen LogP contribution in [0.2, 0.25) is 0 Å². The summed E-state index contributed by atoms with van der Waals surface area (Å²) >= 11 is 0. The number of hydrogen-bond donors (Lipinski definition) is 6. The molecule has 10 heteroatoms. The van der Waals surface area contributed by atoms with Crippen molar-refractivity contribution in [2.24, 2.45) is 0 Å². The Morgan fingerprint density at radius 1 is 0.300 bits per heavy atom. The first-order valence-electron chi connectivity index (χ1n) is 0. The zero-order chi connectivity index (χ0) is 0. The predicted molar refractivity (Wildman–Crippen MR) is 30.1 cm³/mol. The third-order valence-electron chi connectivity index (χ3n) is 0. The van der Waals surface area contributed by atoms with Gasteiger partial charge in [-0.3, -0.25) is 0 Å². The third-order valence-corrected chi connectivity index (χ3v) is 0. The van der Waals surface area contributed by atoms with Gasteiger partial charge in [-0.2, -0.15) is 0 Å². The van der Waals surface area contributed by atoms with Crippen LogP contribution in [-0.2, 0) is 19.8 Å². The smallest absolute Gasteiger partial charge is 0 e. The summed E-state index contributed by atoms with van der Waals surface area (Å²) in [5.41, 5.74) is 0. The van der Waals surface area contributed by atoms with Crippen LogP contribution in [-0.4, -0.2) is 0 Å². The summed E-state index contributed by atoms with van der Waals surface area (Å²) in [7, 11) is 0. The Kier molecular flexibility index (Phi) is 40700. The van der Waals surface area contributed by atoms with Crippen molar-refractivity contribution in [1.82, 2.24) is 36.9 Å². The maximum absolute atomic E-state index is 0. The molecule has 0 unspecified atom stereocenters. The summed E-state index contributed by atoms with van der Waals surface area (Å²) in [5, 5.41) is 0. The van der Waals surface area contributed by atoms with E-state index in [2.05, 4.69) is 0 Å². The number of rotatable bonds is 0. The monoisotopic (exact) mass is 399 g/mol. The van der Waals surface area contributed by atoms with Crippen LogP contribution in [0.25, 0.3) is 0 Å². The first-order valence-corrected chi connectivity index (χ1v) is 0. The normalized spacial score (nSPS) is 0. The second-order valence-corrected chi connectivity index (χ2v) is 0. The van der Waals surface area contributed by atoms with Crippen LogP contribution in [0.5, 0.6) is 0 Å². The zero-order valence-electron chi connectivity index (χ0n) is 5.73. The molecule has 0 rings (SSSR count). The maximum Gasteiger partial charge on any atom is 0 e. The minimum absolute atomic E-state index is 0. The first-order chi connectivity index (χ1) is 0. The van der Waals surface area contributed by atoms with Gasteiger partial charge in [-0.25, -0.2) is 0 Å². The Bertz CT molecular complexity index is 13.0. The van der Waals surface area contributed by atoms with Crippen LogP contribution in [0.4, 0.5) is 0 Å². The molecule has 0 aliphatic carbocycles. The summed E-state index contributed by atoms with van der Waals surface area (Å²) in [6, 6.07) is 0. The summed E-state index contributed by atoms with van der Waals surface area (Å²) in [6.07, 6.45) is 0. The van der Waals surface area contributed by atoms with Gasteiger partial charge < -0.3 is 74.1 Å². The summed E-state index contributed by atoms with van der Waals surface area (Å²) in [6.45, 7) is 0. The fraction of sp³-hybridized carbons (Fsp3) is 0. The van der Waals surface area contributed by atoms with E-state index >= 15 is 0 Å². The van der Waals surface area contributed by atoms with Crippen molar-refractivity contribution >= 4 is 0 Å². The van der Waals surface area contributed by atoms with E-state index in [4.69, 9.17) is 0 Å². The van der Waals surface area contributed by atoms with E-state index in [0.717, 1.165) is 0 Å². The molecule has 0 radical (unpaired) electrons. The van der Waals surface area contributed by atoms with Crippen molar-refractivity contribution in [2.45, 2.75) is 0 Å². The van der Waals surface area contributed by atoms with Crippen molar-refractivity contribution in [3.63, 3.8) is 0 Å². The average molecular weight is 399 g/mol. The van der Waals surface area contributed by atoms with E-state index in [1.165, 1.54) is 0 Å². The summed E-state index contributed by atoms with van der Waals surface area (Å²) < 4.78 is 0. The van der Waals surface area contributed by atoms with Gasteiger partial charge in [0.25, 0.3) is 0 Å². The van der Waals surface area contributed by atoms with Crippen molar-refractivity contribution in [1.29, 1.82) is 0 Å². The van der Waals surface area contributed by atoms with Gasteiger partial charge in [0.1, 0.15) is 0 Å². The van der Waals surface area contributed by atoms with Gasteiger partial charge in [0.2, 0.25) is 0 Å². The molecule has 0 amide bonds. The van der Waals surface area contributed by atoms with Crippen LogP contribution in [0.1, 0.15) is 0 Å². The van der Waals surface area contributed by atoms with Gasteiger partial charge in [0.15, 0.2) is 0 Å². The molecule has 18 N–H and O–H groups in total. The molecule has 0 heterocycles. The largest absolute Gasteiger partial charge is 1.00 e. The Hall–Kier alpha value is 1.27. The van der Waals surface area contributed by atoms with E-state index < -0.39 is 0 Å². The fourth-order valence-electron chi connectivity index (χ4n) is 0. The van der Waals surface area contributed by atoms with Gasteiger partial charge in [-0.15, -0.1) is 0 Å². The first kappa shape index (κ1) is 740. The third kappa shape index (κ3) is 395. The SMILES string of the molecule is N.N.N.N.N.N.[Cl-].[Cl-].[Cl-].[Os]. The molecule has 0 aromatic rings. The minimum Gasteiger partial charge on any atom is -1.00 e. The molecule has 0 bridgehead atoms. The van der Waals surface area contributed by atoms with Crippen molar-refractivity contribution < 1.29 is 57.0 Å². The maximum atomic E-state index is 0. The van der Waals surface area contributed by atoms with Crippen LogP contribution in [0.3, 0.4) is 0 Å². The Labute approximate surface area is 93.8 Å². The molecule has 0 spiro atoms. The molecule has 0 aliphatic rings. The molecule has 80 valence electrons. The minimum atomic E-state index is 0. The van der Waals surface area contributed by atoms with Gasteiger partial charge in [-0.1, -0.05) is 0 Å². The van der Waals surface area contributed by atoms with E-state index in [0.29, 0.717) is 0 Å². The fourth-order valence-corrected chi connectivity index (χ4v) is 0. The second kappa shape index (κ2) is 550. The van der Waals surface area contributed by atoms with Crippen molar-refractivity contribution in [3.05, 3.63) is 0 Å². The average Bonchev–Trinajstić information content (AvgIpc) is 0. The predicted octanol–water partition coefficient (Wildman–Crippen LogP) is -8.02. The molecule has 0 aliphatic heterocycles. The summed E-state index contributed by atoms with van der Waals surface area (Å²) in [4.78, 5) is 0. The second-order valence-electron chi connectivity index (χ2n) is 0. The van der Waals surface area contributed by atoms with E-state index in [1.54, 1.807) is 0 Å². The van der Waals surface area contributed by atoms with E-state index in [-0.39, 0.29) is 93.9 Å². The molecule has 0 saturated heterocycles. The molecule has 0 aromatic carbocycles. The Morgan fingerprint density at radius 2 is 0.300 bits per heavy atom. The molecule has 0 atom stereocenters. The van der Waals surface area contributed by atoms with Crippen LogP contribution >= 0.6 is 0 Å². The van der Waals surface area contributed by atoms with Gasteiger partial charge >= 0.3 is 0 Å². The molecule has 0 fully saturated rings. The number of halogens is 3.